The van der Waals surface area contributed by atoms with E-state index in [1.807, 2.05) is 24.3 Å². The smallest absolute Gasteiger partial charge is 0.241 e. The normalized spacial score (nSPS) is 18.1. The fourth-order valence-electron chi connectivity index (χ4n) is 2.39. The number of nitrogens with one attached hydrogen (secondary N) is 3. The molecule has 0 spiro atoms. The summed E-state index contributed by atoms with van der Waals surface area (Å²) in [7, 11) is 0. The summed E-state index contributed by atoms with van der Waals surface area (Å²) in [5.41, 5.74) is 8.11. The molecule has 1 aromatic heterocycles. The topological polar surface area (TPSA) is 95.8 Å². The van der Waals surface area contributed by atoms with Crippen molar-refractivity contribution in [3.8, 4) is 11.3 Å². The van der Waals surface area contributed by atoms with Crippen LogP contribution in [0.4, 0.5) is 11.6 Å². The standard InChI is InChI=1S/C14H17N5O/c15-14-17-8-12(19-14)9-3-1-4-10(7-9)18-13(20)11-5-2-6-16-11/h1,3-4,7-8,11,16H,2,5-6H2,(H,18,20)(H3,15,17,19)/t11-/m0/s1. The van der Waals surface area contributed by atoms with E-state index in [0.717, 1.165) is 36.3 Å². The second-order valence-corrected chi connectivity index (χ2v) is 4.90. The number of hydrogen-bond donors (Lipinski definition) is 4. The van der Waals surface area contributed by atoms with Gasteiger partial charge in [0, 0.05) is 11.3 Å². The lowest BCUT2D eigenvalue weighted by Gasteiger charge is -2.11. The molecule has 1 aliphatic heterocycles. The van der Waals surface area contributed by atoms with Crippen LogP contribution < -0.4 is 16.4 Å². The molecular formula is C14H17N5O. The van der Waals surface area contributed by atoms with E-state index in [1.165, 1.54) is 0 Å². The molecule has 1 aromatic carbocycles. The first-order chi connectivity index (χ1) is 9.72. The van der Waals surface area contributed by atoms with Gasteiger partial charge < -0.3 is 21.4 Å². The van der Waals surface area contributed by atoms with E-state index >= 15 is 0 Å². The molecule has 0 bridgehead atoms. The maximum atomic E-state index is 12.1. The van der Waals surface area contributed by atoms with E-state index in [0.29, 0.717) is 5.95 Å². The molecule has 0 saturated carbocycles. The number of aromatic amines is 1. The number of nitrogens with zero attached hydrogens (tertiary/aromatic N) is 1. The molecule has 0 unspecified atom stereocenters. The summed E-state index contributed by atoms with van der Waals surface area (Å²) in [4.78, 5) is 19.0. The number of nitrogen functional groups attached to an aromatic ring is 1. The second-order valence-electron chi connectivity index (χ2n) is 4.90. The van der Waals surface area contributed by atoms with Gasteiger partial charge in [-0.1, -0.05) is 12.1 Å². The van der Waals surface area contributed by atoms with Crippen molar-refractivity contribution in [3.63, 3.8) is 0 Å². The van der Waals surface area contributed by atoms with Gasteiger partial charge in [-0.3, -0.25) is 4.79 Å². The minimum atomic E-state index is -0.0820. The number of benzene rings is 1. The highest BCUT2D eigenvalue weighted by Crippen LogP contribution is 2.21. The quantitative estimate of drug-likeness (QED) is 0.677. The lowest BCUT2D eigenvalue weighted by Crippen LogP contribution is -2.35. The highest BCUT2D eigenvalue weighted by atomic mass is 16.2. The number of hydrogen-bond acceptors (Lipinski definition) is 4. The third kappa shape index (κ3) is 2.65. The zero-order chi connectivity index (χ0) is 13.9. The van der Waals surface area contributed by atoms with Gasteiger partial charge in [-0.15, -0.1) is 0 Å². The number of amides is 1. The molecule has 1 atom stereocenters. The van der Waals surface area contributed by atoms with E-state index in [2.05, 4.69) is 20.6 Å². The molecule has 1 fully saturated rings. The summed E-state index contributed by atoms with van der Waals surface area (Å²) >= 11 is 0. The van der Waals surface area contributed by atoms with Crippen LogP contribution in [0.5, 0.6) is 0 Å². The summed E-state index contributed by atoms with van der Waals surface area (Å²) in [5, 5.41) is 6.12. The minimum absolute atomic E-state index is 0.0174. The van der Waals surface area contributed by atoms with Gasteiger partial charge in [-0.05, 0) is 31.5 Å². The minimum Gasteiger partial charge on any atom is -0.369 e. The van der Waals surface area contributed by atoms with Crippen LogP contribution in [0.25, 0.3) is 11.3 Å². The molecule has 0 radical (unpaired) electrons. The Hall–Kier alpha value is -2.34. The molecule has 2 heterocycles. The Bertz CT molecular complexity index is 616. The highest BCUT2D eigenvalue weighted by Gasteiger charge is 2.21. The van der Waals surface area contributed by atoms with E-state index in [9.17, 15) is 4.79 Å². The van der Waals surface area contributed by atoms with E-state index in [1.54, 1.807) is 6.20 Å². The molecule has 1 aliphatic rings. The Morgan fingerprint density at radius 2 is 2.35 bits per heavy atom. The van der Waals surface area contributed by atoms with Crippen molar-refractivity contribution >= 4 is 17.5 Å². The maximum absolute atomic E-state index is 12.1. The molecular weight excluding hydrogens is 254 g/mol. The fourth-order valence-corrected chi connectivity index (χ4v) is 2.39. The number of anilines is 2. The van der Waals surface area contributed by atoms with Gasteiger partial charge in [0.2, 0.25) is 5.91 Å². The molecule has 104 valence electrons. The van der Waals surface area contributed by atoms with Gasteiger partial charge in [0.15, 0.2) is 5.95 Å². The summed E-state index contributed by atoms with van der Waals surface area (Å²) < 4.78 is 0. The van der Waals surface area contributed by atoms with Crippen LogP contribution in [0.3, 0.4) is 0 Å². The van der Waals surface area contributed by atoms with Crippen LogP contribution in [0, 0.1) is 0 Å². The third-order valence-corrected chi connectivity index (χ3v) is 3.41. The number of H-pyrrole nitrogens is 1. The van der Waals surface area contributed by atoms with E-state index in [-0.39, 0.29) is 11.9 Å². The van der Waals surface area contributed by atoms with Gasteiger partial charge in [0.05, 0.1) is 17.9 Å². The molecule has 1 saturated heterocycles. The van der Waals surface area contributed by atoms with E-state index < -0.39 is 0 Å². The fraction of sp³-hybridized carbons (Fsp3) is 0.286. The van der Waals surface area contributed by atoms with Gasteiger partial charge >= 0.3 is 0 Å². The Balaban J connectivity index is 1.75. The molecule has 6 nitrogen and oxygen atoms in total. The summed E-state index contributed by atoms with van der Waals surface area (Å²) in [6.07, 6.45) is 3.61. The van der Waals surface area contributed by atoms with Gasteiger partial charge in [0.1, 0.15) is 0 Å². The van der Waals surface area contributed by atoms with Crippen molar-refractivity contribution in [2.45, 2.75) is 18.9 Å². The Kier molecular flexibility index (Phi) is 3.39. The van der Waals surface area contributed by atoms with Gasteiger partial charge in [-0.25, -0.2) is 4.98 Å². The molecule has 0 aliphatic carbocycles. The molecule has 3 rings (SSSR count). The number of nitrogens with two attached hydrogens (primary N) is 1. The van der Waals surface area contributed by atoms with Crippen molar-refractivity contribution in [1.82, 2.24) is 15.3 Å². The van der Waals surface area contributed by atoms with Crippen LogP contribution in [-0.2, 0) is 4.79 Å². The SMILES string of the molecule is Nc1ncc(-c2cccc(NC(=O)[C@@H]3CCCN3)c2)[nH]1. The second kappa shape index (κ2) is 5.34. The number of aromatic nitrogens is 2. The van der Waals surface area contributed by atoms with Crippen LogP contribution in [0.2, 0.25) is 0 Å². The van der Waals surface area contributed by atoms with Crippen molar-refractivity contribution in [1.29, 1.82) is 0 Å². The summed E-state index contributed by atoms with van der Waals surface area (Å²) in [6.45, 7) is 0.908. The summed E-state index contributed by atoms with van der Waals surface area (Å²) in [6, 6.07) is 7.53. The van der Waals surface area contributed by atoms with Crippen LogP contribution >= 0.6 is 0 Å². The van der Waals surface area contributed by atoms with Crippen LogP contribution in [0.15, 0.2) is 30.5 Å². The average molecular weight is 271 g/mol. The predicted octanol–water partition coefficient (Wildman–Crippen LogP) is 1.35. The van der Waals surface area contributed by atoms with Gasteiger partial charge in [-0.2, -0.15) is 0 Å². The Morgan fingerprint density at radius 3 is 3.05 bits per heavy atom. The molecule has 20 heavy (non-hydrogen) atoms. The number of carbonyl (C=O) groups excluding carboxylic acids is 1. The van der Waals surface area contributed by atoms with Crippen LogP contribution in [-0.4, -0.2) is 28.5 Å². The monoisotopic (exact) mass is 271 g/mol. The first-order valence-corrected chi connectivity index (χ1v) is 6.67. The predicted molar refractivity (Wildman–Crippen MR) is 78.1 cm³/mol. The first kappa shape index (κ1) is 12.7. The van der Waals surface area contributed by atoms with E-state index in [4.69, 9.17) is 5.73 Å². The maximum Gasteiger partial charge on any atom is 0.241 e. The van der Waals surface area contributed by atoms with Crippen molar-refractivity contribution in [2.24, 2.45) is 0 Å². The molecule has 2 aromatic rings. The molecule has 6 heteroatoms. The Labute approximate surface area is 116 Å². The Morgan fingerprint density at radius 1 is 1.45 bits per heavy atom. The first-order valence-electron chi connectivity index (χ1n) is 6.67. The van der Waals surface area contributed by atoms with Crippen molar-refractivity contribution in [2.75, 3.05) is 17.6 Å². The zero-order valence-electron chi connectivity index (χ0n) is 11.0. The number of carbonyl (C=O) groups is 1. The highest BCUT2D eigenvalue weighted by molar-refractivity contribution is 5.95. The van der Waals surface area contributed by atoms with Crippen molar-refractivity contribution < 1.29 is 4.79 Å². The summed E-state index contributed by atoms with van der Waals surface area (Å²) in [5.74, 6) is 0.397. The van der Waals surface area contributed by atoms with Crippen molar-refractivity contribution in [3.05, 3.63) is 30.5 Å². The largest absolute Gasteiger partial charge is 0.369 e. The third-order valence-electron chi connectivity index (χ3n) is 3.41. The molecule has 1 amide bonds. The van der Waals surface area contributed by atoms with Gasteiger partial charge in [0.25, 0.3) is 0 Å². The zero-order valence-corrected chi connectivity index (χ0v) is 11.0. The molecule has 5 N–H and O–H groups in total. The lowest BCUT2D eigenvalue weighted by molar-refractivity contribution is -0.117. The number of imidazole rings is 1. The average Bonchev–Trinajstić information content (AvgIpc) is 3.10. The lowest BCUT2D eigenvalue weighted by atomic mass is 10.1. The van der Waals surface area contributed by atoms with Crippen LogP contribution in [0.1, 0.15) is 12.8 Å². The number of rotatable bonds is 3.